The number of aryl methyl sites for hydroxylation is 2. The number of halogens is 2. The van der Waals surface area contributed by atoms with Crippen molar-refractivity contribution in [1.82, 2.24) is 0 Å². The SMILES string of the molecule is C[n+]1ccc(-c2cccc[n+]2C)cc1.[Cl-].[Cl-]. The molecule has 2 aromatic rings. The van der Waals surface area contributed by atoms with Gasteiger partial charge in [0, 0.05) is 24.3 Å². The van der Waals surface area contributed by atoms with Gasteiger partial charge in [0.2, 0.25) is 5.69 Å². The molecule has 0 radical (unpaired) electrons. The van der Waals surface area contributed by atoms with E-state index in [9.17, 15) is 0 Å². The maximum absolute atomic E-state index is 2.12. The second-order valence-electron chi connectivity index (χ2n) is 3.45. The van der Waals surface area contributed by atoms with Crippen LogP contribution < -0.4 is 33.9 Å². The first-order valence-electron chi connectivity index (χ1n) is 4.68. The Balaban J connectivity index is 0.00000112. The Morgan fingerprint density at radius 3 is 2.00 bits per heavy atom. The van der Waals surface area contributed by atoms with Gasteiger partial charge in [0.25, 0.3) is 0 Å². The second kappa shape index (κ2) is 6.46. The molecule has 4 heteroatoms. The van der Waals surface area contributed by atoms with Crippen LogP contribution in [-0.4, -0.2) is 0 Å². The fourth-order valence-electron chi connectivity index (χ4n) is 1.49. The molecule has 0 amide bonds. The summed E-state index contributed by atoms with van der Waals surface area (Å²) >= 11 is 0. The molecular formula is C12H14Cl2N2. The van der Waals surface area contributed by atoms with E-state index in [2.05, 4.69) is 54.5 Å². The summed E-state index contributed by atoms with van der Waals surface area (Å²) in [5.41, 5.74) is 2.47. The highest BCUT2D eigenvalue weighted by molar-refractivity contribution is 5.53. The van der Waals surface area contributed by atoms with Crippen molar-refractivity contribution in [1.29, 1.82) is 0 Å². The second-order valence-corrected chi connectivity index (χ2v) is 3.45. The molecule has 0 bridgehead atoms. The van der Waals surface area contributed by atoms with Crippen molar-refractivity contribution < 1.29 is 33.9 Å². The zero-order chi connectivity index (χ0) is 9.97. The molecular weight excluding hydrogens is 243 g/mol. The predicted octanol–water partition coefficient (Wildman–Crippen LogP) is -4.99. The first kappa shape index (κ1) is 14.9. The van der Waals surface area contributed by atoms with Crippen molar-refractivity contribution in [2.24, 2.45) is 14.1 Å². The van der Waals surface area contributed by atoms with Gasteiger partial charge in [-0.05, 0) is 6.07 Å². The molecule has 0 aliphatic heterocycles. The lowest BCUT2D eigenvalue weighted by Crippen LogP contribution is -3.00. The number of pyridine rings is 2. The Kier molecular flexibility index (Phi) is 6.01. The van der Waals surface area contributed by atoms with E-state index in [4.69, 9.17) is 0 Å². The lowest BCUT2D eigenvalue weighted by Gasteiger charge is -1.97. The molecule has 0 N–H and O–H groups in total. The van der Waals surface area contributed by atoms with E-state index >= 15 is 0 Å². The minimum atomic E-state index is 0. The number of hydrogen-bond acceptors (Lipinski definition) is 0. The van der Waals surface area contributed by atoms with E-state index in [1.54, 1.807) is 0 Å². The van der Waals surface area contributed by atoms with Gasteiger partial charge < -0.3 is 24.8 Å². The molecule has 2 aromatic heterocycles. The third-order valence-corrected chi connectivity index (χ3v) is 2.33. The van der Waals surface area contributed by atoms with Crippen LogP contribution in [0, 0.1) is 0 Å². The van der Waals surface area contributed by atoms with E-state index < -0.39 is 0 Å². The number of nitrogens with zero attached hydrogens (tertiary/aromatic N) is 2. The maximum Gasteiger partial charge on any atom is 0.212 e. The number of aromatic nitrogens is 2. The maximum atomic E-state index is 2.12. The fraction of sp³-hybridized carbons (Fsp3) is 0.167. The highest BCUT2D eigenvalue weighted by Gasteiger charge is 2.08. The van der Waals surface area contributed by atoms with Gasteiger partial charge in [0.05, 0.1) is 5.56 Å². The molecule has 86 valence electrons. The quantitative estimate of drug-likeness (QED) is 0.452. The van der Waals surface area contributed by atoms with Crippen molar-refractivity contribution in [3.05, 3.63) is 48.9 Å². The van der Waals surface area contributed by atoms with Gasteiger partial charge in [-0.15, -0.1) is 0 Å². The van der Waals surface area contributed by atoms with Crippen LogP contribution in [-0.2, 0) is 14.1 Å². The van der Waals surface area contributed by atoms with Crippen LogP contribution in [0.15, 0.2) is 48.9 Å². The topological polar surface area (TPSA) is 7.76 Å². The van der Waals surface area contributed by atoms with Crippen molar-refractivity contribution in [3.8, 4) is 11.3 Å². The van der Waals surface area contributed by atoms with Crippen molar-refractivity contribution in [3.63, 3.8) is 0 Å². The molecule has 0 unspecified atom stereocenters. The summed E-state index contributed by atoms with van der Waals surface area (Å²) in [6, 6.07) is 10.5. The van der Waals surface area contributed by atoms with Crippen LogP contribution in [0.3, 0.4) is 0 Å². The van der Waals surface area contributed by atoms with Gasteiger partial charge in [-0.3, -0.25) is 0 Å². The van der Waals surface area contributed by atoms with Gasteiger partial charge in [-0.2, -0.15) is 0 Å². The smallest absolute Gasteiger partial charge is 0.212 e. The van der Waals surface area contributed by atoms with Gasteiger partial charge in [0.15, 0.2) is 18.6 Å². The van der Waals surface area contributed by atoms with Crippen molar-refractivity contribution >= 4 is 0 Å². The monoisotopic (exact) mass is 256 g/mol. The Bertz CT molecular complexity index is 441. The van der Waals surface area contributed by atoms with E-state index in [1.807, 2.05) is 17.7 Å². The van der Waals surface area contributed by atoms with Crippen LogP contribution in [0.5, 0.6) is 0 Å². The number of hydrogen-bond donors (Lipinski definition) is 0. The normalized spacial score (nSPS) is 8.88. The molecule has 2 nitrogen and oxygen atoms in total. The molecule has 0 fully saturated rings. The summed E-state index contributed by atoms with van der Waals surface area (Å²) in [6.07, 6.45) is 6.17. The first-order chi connectivity index (χ1) is 6.77. The average Bonchev–Trinajstić information content (AvgIpc) is 2.20. The fourth-order valence-corrected chi connectivity index (χ4v) is 1.49. The largest absolute Gasteiger partial charge is 1.00 e. The molecule has 0 saturated carbocycles. The van der Waals surface area contributed by atoms with Gasteiger partial charge in [0.1, 0.15) is 14.1 Å². The lowest BCUT2D eigenvalue weighted by molar-refractivity contribution is -0.672. The molecule has 2 rings (SSSR count). The standard InChI is InChI=1S/C12H14N2.2ClH/c1-13-9-6-11(7-10-13)12-5-3-4-8-14(12)2;;/h3-10H,1-2H3;2*1H/q+2;;/p-2. The van der Waals surface area contributed by atoms with Crippen LogP contribution in [0.2, 0.25) is 0 Å². The molecule has 0 spiro atoms. The molecule has 0 aliphatic carbocycles. The van der Waals surface area contributed by atoms with Crippen LogP contribution in [0.25, 0.3) is 11.3 Å². The zero-order valence-electron chi connectivity index (χ0n) is 9.27. The first-order valence-corrected chi connectivity index (χ1v) is 4.68. The Hall–Kier alpha value is -1.12. The number of rotatable bonds is 1. The third-order valence-electron chi connectivity index (χ3n) is 2.33. The Labute approximate surface area is 108 Å². The molecule has 0 aliphatic rings. The van der Waals surface area contributed by atoms with E-state index in [0.717, 1.165) is 0 Å². The van der Waals surface area contributed by atoms with Gasteiger partial charge in [-0.25, -0.2) is 9.13 Å². The molecule has 0 saturated heterocycles. The predicted molar refractivity (Wildman–Crippen MR) is 54.2 cm³/mol. The third kappa shape index (κ3) is 3.19. The highest BCUT2D eigenvalue weighted by atomic mass is 35.5. The van der Waals surface area contributed by atoms with E-state index in [-0.39, 0.29) is 24.8 Å². The van der Waals surface area contributed by atoms with Crippen LogP contribution >= 0.6 is 0 Å². The lowest BCUT2D eigenvalue weighted by atomic mass is 10.2. The van der Waals surface area contributed by atoms with Gasteiger partial charge >= 0.3 is 0 Å². The summed E-state index contributed by atoms with van der Waals surface area (Å²) in [5, 5.41) is 0. The summed E-state index contributed by atoms with van der Waals surface area (Å²) in [7, 11) is 4.08. The molecule has 0 atom stereocenters. The van der Waals surface area contributed by atoms with E-state index in [1.165, 1.54) is 11.3 Å². The minimum Gasteiger partial charge on any atom is -1.00 e. The summed E-state index contributed by atoms with van der Waals surface area (Å²) in [5.74, 6) is 0. The summed E-state index contributed by atoms with van der Waals surface area (Å²) in [4.78, 5) is 0. The summed E-state index contributed by atoms with van der Waals surface area (Å²) in [6.45, 7) is 0. The minimum absolute atomic E-state index is 0. The van der Waals surface area contributed by atoms with E-state index in [0.29, 0.717) is 0 Å². The average molecular weight is 257 g/mol. The Morgan fingerprint density at radius 1 is 0.812 bits per heavy atom. The van der Waals surface area contributed by atoms with Crippen LogP contribution in [0.4, 0.5) is 0 Å². The molecule has 2 heterocycles. The summed E-state index contributed by atoms with van der Waals surface area (Å²) < 4.78 is 4.15. The highest BCUT2D eigenvalue weighted by Crippen LogP contribution is 2.11. The van der Waals surface area contributed by atoms with Crippen molar-refractivity contribution in [2.75, 3.05) is 0 Å². The van der Waals surface area contributed by atoms with Crippen LogP contribution in [0.1, 0.15) is 0 Å². The Morgan fingerprint density at radius 2 is 1.44 bits per heavy atom. The molecule has 16 heavy (non-hydrogen) atoms. The zero-order valence-corrected chi connectivity index (χ0v) is 10.8. The molecule has 0 aromatic carbocycles. The van der Waals surface area contributed by atoms with Crippen molar-refractivity contribution in [2.45, 2.75) is 0 Å². The van der Waals surface area contributed by atoms with Gasteiger partial charge in [-0.1, -0.05) is 0 Å².